The number of imidazole rings is 1. The molecule has 2 N–H and O–H groups in total. The van der Waals surface area contributed by atoms with E-state index in [9.17, 15) is 18.3 Å². The van der Waals surface area contributed by atoms with Crippen molar-refractivity contribution in [3.63, 3.8) is 0 Å². The standard InChI is InChI=1S/C14H11F3N4OS/c15-14(16,17)13(22,11-7-19-8-23-11)12-20-6-10(21-12)5-9-1-3-18-4-2-9/h1-4,6-8,22H,5H2,(H,20,21)/t13-/m1/s1. The molecule has 3 aromatic heterocycles. The lowest BCUT2D eigenvalue weighted by molar-refractivity contribution is -0.249. The molecule has 0 radical (unpaired) electrons. The zero-order chi connectivity index (χ0) is 16.5. The predicted molar refractivity (Wildman–Crippen MR) is 76.8 cm³/mol. The number of alkyl halides is 3. The lowest BCUT2D eigenvalue weighted by Gasteiger charge is -2.27. The van der Waals surface area contributed by atoms with Crippen molar-refractivity contribution >= 4 is 11.3 Å². The second-order valence-electron chi connectivity index (χ2n) is 4.86. The van der Waals surface area contributed by atoms with Crippen LogP contribution in [0.3, 0.4) is 0 Å². The molecule has 0 spiro atoms. The van der Waals surface area contributed by atoms with Crippen LogP contribution in [0.2, 0.25) is 0 Å². The zero-order valence-corrected chi connectivity index (χ0v) is 12.4. The Kier molecular flexibility index (Phi) is 3.90. The molecule has 0 aliphatic rings. The topological polar surface area (TPSA) is 74.7 Å². The average molecular weight is 340 g/mol. The SMILES string of the molecule is O[C@@](c1ncc(Cc2ccncc2)[nH]1)(c1cncs1)C(F)(F)F. The smallest absolute Gasteiger partial charge is 0.369 e. The summed E-state index contributed by atoms with van der Waals surface area (Å²) < 4.78 is 40.4. The molecule has 3 heterocycles. The van der Waals surface area contributed by atoms with Crippen LogP contribution in [0.15, 0.2) is 42.4 Å². The normalized spacial score (nSPS) is 14.6. The van der Waals surface area contributed by atoms with Gasteiger partial charge < -0.3 is 10.1 Å². The van der Waals surface area contributed by atoms with Gasteiger partial charge in [-0.2, -0.15) is 13.2 Å². The minimum Gasteiger partial charge on any atom is -0.369 e. The van der Waals surface area contributed by atoms with Crippen LogP contribution in [-0.2, 0) is 12.0 Å². The molecule has 9 heteroatoms. The second-order valence-corrected chi connectivity index (χ2v) is 5.75. The number of thiazole rings is 1. The van der Waals surface area contributed by atoms with E-state index in [1.165, 1.54) is 11.7 Å². The quantitative estimate of drug-likeness (QED) is 0.766. The monoisotopic (exact) mass is 340 g/mol. The Labute approximate surface area is 132 Å². The molecule has 120 valence electrons. The van der Waals surface area contributed by atoms with Crippen LogP contribution in [0.4, 0.5) is 13.2 Å². The van der Waals surface area contributed by atoms with Gasteiger partial charge in [-0.3, -0.25) is 9.97 Å². The van der Waals surface area contributed by atoms with Gasteiger partial charge in [0.1, 0.15) is 0 Å². The second kappa shape index (κ2) is 5.74. The van der Waals surface area contributed by atoms with Gasteiger partial charge in [-0.25, -0.2) is 4.98 Å². The van der Waals surface area contributed by atoms with Gasteiger partial charge in [-0.15, -0.1) is 11.3 Å². The van der Waals surface area contributed by atoms with E-state index in [2.05, 4.69) is 19.9 Å². The van der Waals surface area contributed by atoms with E-state index >= 15 is 0 Å². The number of nitrogens with zero attached hydrogens (tertiary/aromatic N) is 3. The maximum atomic E-state index is 13.5. The van der Waals surface area contributed by atoms with Crippen molar-refractivity contribution in [3.05, 3.63) is 64.4 Å². The van der Waals surface area contributed by atoms with Crippen LogP contribution in [0, 0.1) is 0 Å². The van der Waals surface area contributed by atoms with Crippen molar-refractivity contribution in [2.75, 3.05) is 0 Å². The number of aromatic nitrogens is 4. The predicted octanol–water partition coefficient (Wildman–Crippen LogP) is 2.65. The fourth-order valence-corrected chi connectivity index (χ4v) is 2.88. The Hall–Kier alpha value is -2.26. The van der Waals surface area contributed by atoms with Gasteiger partial charge in [-0.1, -0.05) is 0 Å². The van der Waals surface area contributed by atoms with Crippen molar-refractivity contribution in [2.45, 2.75) is 18.2 Å². The third-order valence-corrected chi connectivity index (χ3v) is 4.20. The molecule has 0 unspecified atom stereocenters. The summed E-state index contributed by atoms with van der Waals surface area (Å²) in [6.45, 7) is 0. The Balaban J connectivity index is 1.96. The minimum atomic E-state index is -4.93. The van der Waals surface area contributed by atoms with E-state index in [0.29, 0.717) is 23.5 Å². The maximum absolute atomic E-state index is 13.5. The van der Waals surface area contributed by atoms with Gasteiger partial charge in [0, 0.05) is 36.9 Å². The van der Waals surface area contributed by atoms with Crippen LogP contribution in [0.5, 0.6) is 0 Å². The Morgan fingerprint density at radius 2 is 1.87 bits per heavy atom. The molecular weight excluding hydrogens is 329 g/mol. The largest absolute Gasteiger partial charge is 0.429 e. The average Bonchev–Trinajstić information content (AvgIpc) is 3.18. The van der Waals surface area contributed by atoms with Crippen molar-refractivity contribution in [1.82, 2.24) is 19.9 Å². The molecule has 0 amide bonds. The van der Waals surface area contributed by atoms with E-state index < -0.39 is 17.6 Å². The Morgan fingerprint density at radius 1 is 1.13 bits per heavy atom. The molecular formula is C14H11F3N4OS. The molecule has 1 atom stereocenters. The first-order chi connectivity index (χ1) is 10.9. The summed E-state index contributed by atoms with van der Waals surface area (Å²) in [5.41, 5.74) is -0.653. The molecule has 5 nitrogen and oxygen atoms in total. The van der Waals surface area contributed by atoms with Gasteiger partial charge in [-0.05, 0) is 17.7 Å². The lowest BCUT2D eigenvalue weighted by atomic mass is 10.0. The fraction of sp³-hybridized carbons (Fsp3) is 0.214. The van der Waals surface area contributed by atoms with Gasteiger partial charge in [0.25, 0.3) is 5.60 Å². The number of nitrogens with one attached hydrogen (secondary N) is 1. The summed E-state index contributed by atoms with van der Waals surface area (Å²) in [7, 11) is 0. The highest BCUT2D eigenvalue weighted by molar-refractivity contribution is 7.09. The first-order valence-corrected chi connectivity index (χ1v) is 7.40. The molecule has 0 aliphatic carbocycles. The molecule has 23 heavy (non-hydrogen) atoms. The number of aliphatic hydroxyl groups is 1. The number of pyridine rings is 1. The van der Waals surface area contributed by atoms with Crippen LogP contribution in [0.1, 0.15) is 22.0 Å². The highest BCUT2D eigenvalue weighted by Crippen LogP contribution is 2.44. The third kappa shape index (κ3) is 2.84. The highest BCUT2D eigenvalue weighted by Gasteiger charge is 2.59. The number of H-pyrrole nitrogens is 1. The summed E-state index contributed by atoms with van der Waals surface area (Å²) in [6, 6.07) is 3.50. The van der Waals surface area contributed by atoms with Crippen LogP contribution >= 0.6 is 11.3 Å². The summed E-state index contributed by atoms with van der Waals surface area (Å²) in [4.78, 5) is 13.5. The number of hydrogen-bond donors (Lipinski definition) is 2. The summed E-state index contributed by atoms with van der Waals surface area (Å²) in [5, 5.41) is 10.3. The van der Waals surface area contributed by atoms with Gasteiger partial charge in [0.15, 0.2) is 5.82 Å². The van der Waals surface area contributed by atoms with E-state index in [4.69, 9.17) is 0 Å². The highest BCUT2D eigenvalue weighted by atomic mass is 32.1. The van der Waals surface area contributed by atoms with Gasteiger partial charge >= 0.3 is 6.18 Å². The third-order valence-electron chi connectivity index (χ3n) is 3.31. The van der Waals surface area contributed by atoms with Gasteiger partial charge in [0.05, 0.1) is 10.4 Å². The van der Waals surface area contributed by atoms with Gasteiger partial charge in [0.2, 0.25) is 0 Å². The molecule has 3 aromatic rings. The molecule has 0 bridgehead atoms. The molecule has 3 rings (SSSR count). The van der Waals surface area contributed by atoms with Crippen LogP contribution < -0.4 is 0 Å². The molecule has 0 aromatic carbocycles. The fourth-order valence-electron chi connectivity index (χ4n) is 2.14. The van der Waals surface area contributed by atoms with Crippen LogP contribution in [0.25, 0.3) is 0 Å². The van der Waals surface area contributed by atoms with Crippen molar-refractivity contribution < 1.29 is 18.3 Å². The lowest BCUT2D eigenvalue weighted by Crippen LogP contribution is -2.43. The Bertz CT molecular complexity index is 773. The first-order valence-electron chi connectivity index (χ1n) is 6.52. The maximum Gasteiger partial charge on any atom is 0.429 e. The molecule has 0 saturated carbocycles. The number of rotatable bonds is 4. The summed E-state index contributed by atoms with van der Waals surface area (Å²) in [6.07, 6.45) is 0.889. The molecule has 0 saturated heterocycles. The van der Waals surface area contributed by atoms with Crippen molar-refractivity contribution in [3.8, 4) is 0 Å². The van der Waals surface area contributed by atoms with Crippen molar-refractivity contribution in [1.29, 1.82) is 0 Å². The minimum absolute atomic E-state index is 0.338. The number of aromatic amines is 1. The zero-order valence-electron chi connectivity index (χ0n) is 11.6. The number of hydrogen-bond acceptors (Lipinski definition) is 5. The Morgan fingerprint density at radius 3 is 2.48 bits per heavy atom. The summed E-state index contributed by atoms with van der Waals surface area (Å²) in [5.74, 6) is -0.571. The van der Waals surface area contributed by atoms with Crippen LogP contribution in [-0.4, -0.2) is 31.2 Å². The number of halogens is 3. The van der Waals surface area contributed by atoms with E-state index in [1.54, 1.807) is 24.5 Å². The van der Waals surface area contributed by atoms with E-state index in [-0.39, 0.29) is 4.88 Å². The molecule has 0 aliphatic heterocycles. The van der Waals surface area contributed by atoms with Crippen molar-refractivity contribution in [2.24, 2.45) is 0 Å². The molecule has 0 fully saturated rings. The first kappa shape index (κ1) is 15.6. The van der Waals surface area contributed by atoms with E-state index in [1.807, 2.05) is 0 Å². The van der Waals surface area contributed by atoms with E-state index in [0.717, 1.165) is 11.8 Å². The summed E-state index contributed by atoms with van der Waals surface area (Å²) >= 11 is 0.715.